The molecule has 65 valence electrons. The standard InChI is InChI=1S/C8H5Cl4/c1-3-5(9)4(2)7(11)8(12)6(3)10/h1H2,2H3. The molecule has 0 heterocycles. The normalized spacial score (nSPS) is 10.5. The van der Waals surface area contributed by atoms with Gasteiger partial charge in [-0.25, -0.2) is 0 Å². The summed E-state index contributed by atoms with van der Waals surface area (Å²) in [7, 11) is 0. The van der Waals surface area contributed by atoms with Gasteiger partial charge in [-0.3, -0.25) is 0 Å². The van der Waals surface area contributed by atoms with Gasteiger partial charge in [0.2, 0.25) is 0 Å². The highest BCUT2D eigenvalue weighted by Crippen LogP contribution is 2.39. The third-order valence-corrected chi connectivity index (χ3v) is 3.55. The van der Waals surface area contributed by atoms with Gasteiger partial charge in [0, 0.05) is 5.02 Å². The highest BCUT2D eigenvalue weighted by molar-refractivity contribution is 6.50. The Kier molecular flexibility index (Phi) is 3.16. The van der Waals surface area contributed by atoms with Crippen LogP contribution in [0, 0.1) is 13.8 Å². The smallest absolute Gasteiger partial charge is 0.0785 e. The lowest BCUT2D eigenvalue weighted by atomic mass is 10.1. The Morgan fingerprint density at radius 2 is 1.33 bits per heavy atom. The average Bonchev–Trinajstić information content (AvgIpc) is 2.08. The molecule has 1 radical (unpaired) electrons. The molecule has 4 heteroatoms. The second kappa shape index (κ2) is 3.63. The van der Waals surface area contributed by atoms with Crippen molar-refractivity contribution in [3.8, 4) is 0 Å². The van der Waals surface area contributed by atoms with Gasteiger partial charge in [-0.15, -0.1) is 0 Å². The van der Waals surface area contributed by atoms with E-state index < -0.39 is 0 Å². The molecule has 0 amide bonds. The lowest BCUT2D eigenvalue weighted by Gasteiger charge is -2.09. The quantitative estimate of drug-likeness (QED) is 0.453. The molecular weight excluding hydrogens is 238 g/mol. The number of benzene rings is 1. The maximum atomic E-state index is 5.87. The second-order valence-corrected chi connectivity index (χ2v) is 3.87. The van der Waals surface area contributed by atoms with Gasteiger partial charge < -0.3 is 0 Å². The van der Waals surface area contributed by atoms with E-state index in [2.05, 4.69) is 6.92 Å². The Balaban J connectivity index is 3.60. The van der Waals surface area contributed by atoms with Crippen LogP contribution in [0.15, 0.2) is 0 Å². The van der Waals surface area contributed by atoms with E-state index in [1.165, 1.54) is 0 Å². The van der Waals surface area contributed by atoms with Gasteiger partial charge >= 0.3 is 0 Å². The topological polar surface area (TPSA) is 0 Å². The van der Waals surface area contributed by atoms with Crippen molar-refractivity contribution in [3.05, 3.63) is 38.1 Å². The first kappa shape index (κ1) is 10.5. The molecule has 0 aliphatic heterocycles. The second-order valence-electron chi connectivity index (χ2n) is 2.36. The molecule has 0 fully saturated rings. The van der Waals surface area contributed by atoms with Crippen molar-refractivity contribution in [2.45, 2.75) is 6.92 Å². The molecule has 0 spiro atoms. The van der Waals surface area contributed by atoms with Gasteiger partial charge in [-0.05, 0) is 25.0 Å². The molecule has 0 aliphatic carbocycles. The fourth-order valence-electron chi connectivity index (χ4n) is 0.812. The third-order valence-electron chi connectivity index (χ3n) is 1.57. The molecule has 1 aromatic carbocycles. The molecule has 0 saturated heterocycles. The van der Waals surface area contributed by atoms with Crippen molar-refractivity contribution in [1.29, 1.82) is 0 Å². The van der Waals surface area contributed by atoms with Crippen LogP contribution in [0.1, 0.15) is 11.1 Å². The first-order valence-electron chi connectivity index (χ1n) is 3.11. The lowest BCUT2D eigenvalue weighted by Crippen LogP contribution is -1.86. The first-order valence-corrected chi connectivity index (χ1v) is 4.62. The maximum absolute atomic E-state index is 5.87. The van der Waals surface area contributed by atoms with Gasteiger partial charge in [0.15, 0.2) is 0 Å². The Morgan fingerprint density at radius 1 is 0.833 bits per heavy atom. The predicted octanol–water partition coefficient (Wildman–Crippen LogP) is 4.79. The van der Waals surface area contributed by atoms with Crippen LogP contribution in [0.2, 0.25) is 20.1 Å². The highest BCUT2D eigenvalue weighted by Gasteiger charge is 2.14. The zero-order chi connectivity index (χ0) is 9.46. The molecule has 0 atom stereocenters. The SMILES string of the molecule is [CH2]c1c(Cl)c(C)c(Cl)c(Cl)c1Cl. The van der Waals surface area contributed by atoms with Crippen molar-refractivity contribution in [1.82, 2.24) is 0 Å². The summed E-state index contributed by atoms with van der Waals surface area (Å²) >= 11 is 23.3. The summed E-state index contributed by atoms with van der Waals surface area (Å²) in [6, 6.07) is 0. The van der Waals surface area contributed by atoms with E-state index in [-0.39, 0.29) is 0 Å². The summed E-state index contributed by atoms with van der Waals surface area (Å²) in [5.41, 5.74) is 1.22. The van der Waals surface area contributed by atoms with Gasteiger partial charge in [-0.1, -0.05) is 46.4 Å². The molecule has 1 rings (SSSR count). The summed E-state index contributed by atoms with van der Waals surface area (Å²) in [6.07, 6.45) is 0. The van der Waals surface area contributed by atoms with Crippen LogP contribution in [0.3, 0.4) is 0 Å². The molecule has 1 aromatic rings. The Morgan fingerprint density at radius 3 is 1.83 bits per heavy atom. The zero-order valence-electron chi connectivity index (χ0n) is 6.22. The minimum absolute atomic E-state index is 0.310. The number of hydrogen-bond acceptors (Lipinski definition) is 0. The Bertz CT molecular complexity index is 225. The van der Waals surface area contributed by atoms with E-state index in [1.807, 2.05) is 0 Å². The van der Waals surface area contributed by atoms with Crippen molar-refractivity contribution in [2.24, 2.45) is 0 Å². The largest absolute Gasteiger partial charge is 0.0836 e. The Labute approximate surface area is 91.4 Å². The van der Waals surface area contributed by atoms with Crippen LogP contribution in [-0.2, 0) is 0 Å². The van der Waals surface area contributed by atoms with Gasteiger partial charge in [0.25, 0.3) is 0 Å². The van der Waals surface area contributed by atoms with Gasteiger partial charge in [0.1, 0.15) is 0 Å². The molecule has 0 saturated carbocycles. The lowest BCUT2D eigenvalue weighted by molar-refractivity contribution is 1.44. The molecule has 0 nitrogen and oxygen atoms in total. The van der Waals surface area contributed by atoms with Crippen molar-refractivity contribution in [2.75, 3.05) is 0 Å². The van der Waals surface area contributed by atoms with Crippen LogP contribution in [0.5, 0.6) is 0 Å². The number of hydrogen-bond donors (Lipinski definition) is 0. The first-order chi connectivity index (χ1) is 5.46. The summed E-state index contributed by atoms with van der Waals surface area (Å²) < 4.78 is 0. The van der Waals surface area contributed by atoms with Crippen molar-refractivity contribution < 1.29 is 0 Å². The number of rotatable bonds is 0. The molecule has 0 aromatic heterocycles. The predicted molar refractivity (Wildman–Crippen MR) is 55.7 cm³/mol. The third kappa shape index (κ3) is 1.54. The van der Waals surface area contributed by atoms with E-state index in [9.17, 15) is 0 Å². The van der Waals surface area contributed by atoms with Crippen LogP contribution in [0.25, 0.3) is 0 Å². The molecule has 0 unspecified atom stereocenters. The van der Waals surface area contributed by atoms with E-state index in [0.717, 1.165) is 0 Å². The molecule has 0 aliphatic rings. The minimum Gasteiger partial charge on any atom is -0.0836 e. The van der Waals surface area contributed by atoms with Gasteiger partial charge in [0.05, 0.1) is 15.1 Å². The van der Waals surface area contributed by atoms with Crippen LogP contribution < -0.4 is 0 Å². The summed E-state index contributed by atoms with van der Waals surface area (Å²) in [5, 5.41) is 1.48. The van der Waals surface area contributed by atoms with E-state index in [4.69, 9.17) is 46.4 Å². The maximum Gasteiger partial charge on any atom is 0.0785 e. The van der Waals surface area contributed by atoms with Crippen molar-refractivity contribution >= 4 is 46.4 Å². The van der Waals surface area contributed by atoms with E-state index >= 15 is 0 Å². The number of halogens is 4. The van der Waals surface area contributed by atoms with Crippen LogP contribution in [0.4, 0.5) is 0 Å². The fourth-order valence-corrected chi connectivity index (χ4v) is 1.78. The summed E-state index contributed by atoms with van der Waals surface area (Å²) in [6.45, 7) is 5.44. The van der Waals surface area contributed by atoms with Gasteiger partial charge in [-0.2, -0.15) is 0 Å². The molecule has 12 heavy (non-hydrogen) atoms. The van der Waals surface area contributed by atoms with E-state index in [1.54, 1.807) is 6.92 Å². The Hall–Kier alpha value is 0.380. The summed E-state index contributed by atoms with van der Waals surface area (Å²) in [5.74, 6) is 0. The molecular formula is C8H5Cl4. The van der Waals surface area contributed by atoms with Crippen molar-refractivity contribution in [3.63, 3.8) is 0 Å². The minimum atomic E-state index is 0.310. The summed E-state index contributed by atoms with van der Waals surface area (Å²) in [4.78, 5) is 0. The highest BCUT2D eigenvalue weighted by atomic mass is 35.5. The van der Waals surface area contributed by atoms with Crippen LogP contribution >= 0.6 is 46.4 Å². The fraction of sp³-hybridized carbons (Fsp3) is 0.125. The van der Waals surface area contributed by atoms with E-state index in [0.29, 0.717) is 31.2 Å². The molecule has 0 N–H and O–H groups in total. The average molecular weight is 243 g/mol. The monoisotopic (exact) mass is 241 g/mol. The zero-order valence-corrected chi connectivity index (χ0v) is 9.24. The van der Waals surface area contributed by atoms with Crippen LogP contribution in [-0.4, -0.2) is 0 Å². The molecule has 0 bridgehead atoms.